The number of carbonyl (C=O) groups excluding carboxylic acids is 1. The lowest BCUT2D eigenvalue weighted by atomic mass is 10.1. The van der Waals surface area contributed by atoms with Crippen molar-refractivity contribution in [2.45, 2.75) is 19.9 Å². The first-order valence-electron chi connectivity index (χ1n) is 6.82. The van der Waals surface area contributed by atoms with Crippen LogP contribution in [0.1, 0.15) is 30.2 Å². The maximum absolute atomic E-state index is 14.1. The van der Waals surface area contributed by atoms with Gasteiger partial charge in [-0.2, -0.15) is 0 Å². The Bertz CT molecular complexity index is 846. The monoisotopic (exact) mass is 417 g/mol. The Balaban J connectivity index is 2.42. The van der Waals surface area contributed by atoms with Crippen LogP contribution in [0.2, 0.25) is 0 Å². The van der Waals surface area contributed by atoms with E-state index in [9.17, 15) is 14.0 Å². The summed E-state index contributed by atoms with van der Waals surface area (Å²) in [6.45, 7) is 4.07. The highest BCUT2D eigenvalue weighted by atomic mass is 127. The fraction of sp³-hybridized carbons (Fsp3) is 0.333. The third kappa shape index (κ3) is 2.18. The minimum atomic E-state index is -0.697. The fourth-order valence-corrected chi connectivity index (χ4v) is 3.11. The van der Waals surface area contributed by atoms with Crippen molar-refractivity contribution in [2.24, 2.45) is 0 Å². The summed E-state index contributed by atoms with van der Waals surface area (Å²) >= 11 is 1.85. The number of pyridine rings is 1. The number of hydrogen-bond donors (Lipinski definition) is 0. The number of ether oxygens (including phenoxy) is 2. The van der Waals surface area contributed by atoms with Gasteiger partial charge in [0.2, 0.25) is 5.43 Å². The van der Waals surface area contributed by atoms with Gasteiger partial charge in [0.1, 0.15) is 18.0 Å². The Hall–Kier alpha value is -1.64. The summed E-state index contributed by atoms with van der Waals surface area (Å²) in [6.07, 6.45) is 1.48. The summed E-state index contributed by atoms with van der Waals surface area (Å²) in [5.74, 6) is -0.888. The smallest absolute Gasteiger partial charge is 0.343 e. The minimum absolute atomic E-state index is 0.0787. The van der Waals surface area contributed by atoms with Gasteiger partial charge in [-0.3, -0.25) is 4.79 Å². The quantitative estimate of drug-likeness (QED) is 0.557. The first-order valence-corrected chi connectivity index (χ1v) is 7.90. The molecule has 0 fully saturated rings. The van der Waals surface area contributed by atoms with Gasteiger partial charge >= 0.3 is 5.97 Å². The summed E-state index contributed by atoms with van der Waals surface area (Å²) < 4.78 is 26.7. The molecule has 0 aliphatic carbocycles. The average Bonchev–Trinajstić information content (AvgIpc) is 2.48. The van der Waals surface area contributed by atoms with Crippen LogP contribution in [0.3, 0.4) is 0 Å². The number of nitrogens with zero attached hydrogens (tertiary/aromatic N) is 1. The van der Waals surface area contributed by atoms with Crippen molar-refractivity contribution >= 4 is 39.5 Å². The minimum Gasteiger partial charge on any atom is -0.488 e. The lowest BCUT2D eigenvalue weighted by Gasteiger charge is -2.27. The molecule has 0 bridgehead atoms. The maximum Gasteiger partial charge on any atom is 0.343 e. The lowest BCUT2D eigenvalue weighted by molar-refractivity contribution is 0.0523. The Morgan fingerprint density at radius 3 is 3.00 bits per heavy atom. The molecule has 0 amide bonds. The number of carbonyl (C=O) groups is 1. The molecule has 3 rings (SSSR count). The second kappa shape index (κ2) is 5.53. The summed E-state index contributed by atoms with van der Waals surface area (Å²) in [5.41, 5.74) is -0.115. The number of halogens is 2. The van der Waals surface area contributed by atoms with Gasteiger partial charge in [0.15, 0.2) is 5.75 Å². The van der Waals surface area contributed by atoms with E-state index in [4.69, 9.17) is 9.47 Å². The molecule has 1 aromatic heterocycles. The highest BCUT2D eigenvalue weighted by molar-refractivity contribution is 14.1. The normalized spacial score (nSPS) is 16.5. The second-order valence-corrected chi connectivity index (χ2v) is 6.14. The summed E-state index contributed by atoms with van der Waals surface area (Å²) in [5, 5.41) is 0.130. The molecule has 1 aliphatic heterocycles. The molecule has 1 aromatic carbocycles. The van der Waals surface area contributed by atoms with Gasteiger partial charge < -0.3 is 14.0 Å². The van der Waals surface area contributed by atoms with E-state index < -0.39 is 17.2 Å². The van der Waals surface area contributed by atoms with Gasteiger partial charge in [-0.15, -0.1) is 0 Å². The highest BCUT2D eigenvalue weighted by Crippen LogP contribution is 2.36. The summed E-state index contributed by atoms with van der Waals surface area (Å²) in [6, 6.07) is 1.08. The van der Waals surface area contributed by atoms with Crippen LogP contribution in [0.5, 0.6) is 5.75 Å². The SMILES string of the molecule is CCOC(=O)c1cn2c3c(c(I)c(F)cc3c1=O)OC[C@@H]2C. The zero-order chi connectivity index (χ0) is 16.0. The molecule has 116 valence electrons. The van der Waals surface area contributed by atoms with Crippen molar-refractivity contribution in [1.82, 2.24) is 4.57 Å². The molecule has 0 saturated carbocycles. The largest absolute Gasteiger partial charge is 0.488 e. The van der Waals surface area contributed by atoms with Gasteiger partial charge in [0.05, 0.1) is 27.1 Å². The molecule has 0 unspecified atom stereocenters. The van der Waals surface area contributed by atoms with Crippen LogP contribution in [0, 0.1) is 9.39 Å². The molecule has 7 heteroatoms. The van der Waals surface area contributed by atoms with Crippen molar-refractivity contribution in [3.63, 3.8) is 0 Å². The second-order valence-electron chi connectivity index (χ2n) is 5.06. The number of hydrogen-bond acceptors (Lipinski definition) is 4. The van der Waals surface area contributed by atoms with Gasteiger partial charge in [-0.25, -0.2) is 9.18 Å². The van der Waals surface area contributed by atoms with Crippen LogP contribution in [0.4, 0.5) is 4.39 Å². The van der Waals surface area contributed by atoms with Gasteiger partial charge in [0, 0.05) is 6.20 Å². The van der Waals surface area contributed by atoms with Crippen LogP contribution < -0.4 is 10.2 Å². The van der Waals surface area contributed by atoms with Gasteiger partial charge in [-0.1, -0.05) is 0 Å². The third-order valence-electron chi connectivity index (χ3n) is 3.61. The van der Waals surface area contributed by atoms with Crippen LogP contribution in [-0.4, -0.2) is 23.8 Å². The van der Waals surface area contributed by atoms with E-state index in [0.29, 0.717) is 21.4 Å². The number of benzene rings is 1. The molecule has 22 heavy (non-hydrogen) atoms. The van der Waals surface area contributed by atoms with Crippen molar-refractivity contribution < 1.29 is 18.7 Å². The molecule has 1 aliphatic rings. The first-order chi connectivity index (χ1) is 10.5. The maximum atomic E-state index is 14.1. The Morgan fingerprint density at radius 1 is 1.59 bits per heavy atom. The van der Waals surface area contributed by atoms with Gasteiger partial charge in [0.25, 0.3) is 0 Å². The van der Waals surface area contributed by atoms with Crippen LogP contribution in [0.15, 0.2) is 17.1 Å². The lowest BCUT2D eigenvalue weighted by Crippen LogP contribution is -2.27. The molecule has 2 heterocycles. The predicted octanol–water partition coefficient (Wildman–Crippen LogP) is 2.88. The number of esters is 1. The molecule has 2 aromatic rings. The number of aromatic nitrogens is 1. The van der Waals surface area contributed by atoms with Crippen LogP contribution in [-0.2, 0) is 4.74 Å². The molecular formula is C15H13FINO4. The fourth-order valence-electron chi connectivity index (χ4n) is 2.55. The third-order valence-corrected chi connectivity index (χ3v) is 4.61. The topological polar surface area (TPSA) is 57.5 Å². The van der Waals surface area contributed by atoms with Crippen LogP contribution in [0.25, 0.3) is 10.9 Å². The van der Waals surface area contributed by atoms with E-state index in [0.717, 1.165) is 6.07 Å². The Labute approximate surface area is 139 Å². The zero-order valence-corrected chi connectivity index (χ0v) is 14.1. The van der Waals surface area contributed by atoms with Crippen molar-refractivity contribution in [3.05, 3.63) is 37.4 Å². The van der Waals surface area contributed by atoms with E-state index in [1.165, 1.54) is 6.20 Å². The van der Waals surface area contributed by atoms with Gasteiger partial charge in [-0.05, 0) is 42.5 Å². The van der Waals surface area contributed by atoms with E-state index in [1.807, 2.05) is 29.5 Å². The molecule has 0 spiro atoms. The standard InChI is InChI=1S/C15H13FINO4/c1-3-21-15(20)9-5-18-7(2)6-22-14-11(17)10(16)4-8(12(14)18)13(9)19/h4-5,7H,3,6H2,1-2H3/t7-/m0/s1. The van der Waals surface area contributed by atoms with E-state index in [2.05, 4.69) is 0 Å². The molecule has 0 saturated heterocycles. The Morgan fingerprint density at radius 2 is 2.32 bits per heavy atom. The van der Waals surface area contributed by atoms with Crippen molar-refractivity contribution in [1.29, 1.82) is 0 Å². The van der Waals surface area contributed by atoms with E-state index in [-0.39, 0.29) is 23.6 Å². The molecule has 5 nitrogen and oxygen atoms in total. The van der Waals surface area contributed by atoms with Crippen molar-refractivity contribution in [2.75, 3.05) is 13.2 Å². The number of rotatable bonds is 2. The first kappa shape index (κ1) is 15.3. The van der Waals surface area contributed by atoms with E-state index in [1.54, 1.807) is 11.5 Å². The van der Waals surface area contributed by atoms with Crippen LogP contribution >= 0.6 is 22.6 Å². The Kier molecular flexibility index (Phi) is 3.84. The molecule has 1 atom stereocenters. The molecule has 0 radical (unpaired) electrons. The summed E-state index contributed by atoms with van der Waals surface area (Å²) in [4.78, 5) is 24.5. The van der Waals surface area contributed by atoms with E-state index >= 15 is 0 Å². The molecular weight excluding hydrogens is 404 g/mol. The highest BCUT2D eigenvalue weighted by Gasteiger charge is 2.27. The predicted molar refractivity (Wildman–Crippen MR) is 87.0 cm³/mol. The zero-order valence-electron chi connectivity index (χ0n) is 12.0. The molecule has 0 N–H and O–H groups in total. The van der Waals surface area contributed by atoms with Crippen molar-refractivity contribution in [3.8, 4) is 5.75 Å². The summed E-state index contributed by atoms with van der Waals surface area (Å²) in [7, 11) is 0. The average molecular weight is 417 g/mol.